The molecule has 2 aromatic rings. The number of thiophene rings is 2. The molecular weight excluding hydrogens is 290 g/mol. The van der Waals surface area contributed by atoms with Crippen LogP contribution in [0.15, 0.2) is 26.7 Å². The standard InChI is InChI=1S/C11H12BrNS2/c1-7-5-14-6-8(7)10(13-2)11-9(12)3-4-15-11/h3-6,10,13H,1-2H3. The van der Waals surface area contributed by atoms with Crippen molar-refractivity contribution in [2.45, 2.75) is 13.0 Å². The van der Waals surface area contributed by atoms with Crippen molar-refractivity contribution in [2.24, 2.45) is 0 Å². The van der Waals surface area contributed by atoms with Crippen LogP contribution in [0.3, 0.4) is 0 Å². The molecule has 4 heteroatoms. The van der Waals surface area contributed by atoms with Gasteiger partial charge in [0.15, 0.2) is 0 Å². The Hall–Kier alpha value is -0.160. The maximum absolute atomic E-state index is 3.59. The maximum Gasteiger partial charge on any atom is 0.0690 e. The second-order valence-corrected chi connectivity index (χ2v) is 5.91. The van der Waals surface area contributed by atoms with Crippen LogP contribution in [0, 0.1) is 6.92 Å². The molecule has 0 fully saturated rings. The van der Waals surface area contributed by atoms with E-state index in [1.54, 1.807) is 22.7 Å². The first-order valence-electron chi connectivity index (χ1n) is 4.67. The average molecular weight is 302 g/mol. The van der Waals surface area contributed by atoms with E-state index in [1.165, 1.54) is 20.5 Å². The van der Waals surface area contributed by atoms with Crippen LogP contribution in [0.5, 0.6) is 0 Å². The zero-order valence-corrected chi connectivity index (χ0v) is 11.8. The highest BCUT2D eigenvalue weighted by Crippen LogP contribution is 2.35. The van der Waals surface area contributed by atoms with Crippen LogP contribution >= 0.6 is 38.6 Å². The van der Waals surface area contributed by atoms with Crippen LogP contribution in [-0.4, -0.2) is 7.05 Å². The van der Waals surface area contributed by atoms with Crippen LogP contribution in [0.25, 0.3) is 0 Å². The Morgan fingerprint density at radius 1 is 1.40 bits per heavy atom. The average Bonchev–Trinajstić information content (AvgIpc) is 2.80. The molecule has 0 amide bonds. The van der Waals surface area contributed by atoms with Gasteiger partial charge in [0.1, 0.15) is 0 Å². The van der Waals surface area contributed by atoms with E-state index in [9.17, 15) is 0 Å². The van der Waals surface area contributed by atoms with Crippen LogP contribution in [-0.2, 0) is 0 Å². The summed E-state index contributed by atoms with van der Waals surface area (Å²) < 4.78 is 1.19. The number of rotatable bonds is 3. The first-order valence-corrected chi connectivity index (χ1v) is 7.28. The van der Waals surface area contributed by atoms with E-state index >= 15 is 0 Å². The monoisotopic (exact) mass is 301 g/mol. The molecule has 1 unspecified atom stereocenters. The molecule has 0 aliphatic rings. The topological polar surface area (TPSA) is 12.0 Å². The van der Waals surface area contributed by atoms with Crippen molar-refractivity contribution in [1.82, 2.24) is 5.32 Å². The van der Waals surface area contributed by atoms with Gasteiger partial charge in [-0.25, -0.2) is 0 Å². The highest BCUT2D eigenvalue weighted by atomic mass is 79.9. The second kappa shape index (κ2) is 4.78. The summed E-state index contributed by atoms with van der Waals surface area (Å²) in [4.78, 5) is 1.35. The lowest BCUT2D eigenvalue weighted by Gasteiger charge is -2.15. The van der Waals surface area contributed by atoms with E-state index in [0.29, 0.717) is 6.04 Å². The van der Waals surface area contributed by atoms with Gasteiger partial charge >= 0.3 is 0 Å². The molecule has 2 aromatic heterocycles. The lowest BCUT2D eigenvalue weighted by Crippen LogP contribution is -2.16. The summed E-state index contributed by atoms with van der Waals surface area (Å²) in [6.45, 7) is 2.16. The van der Waals surface area contributed by atoms with Gasteiger partial charge in [0.2, 0.25) is 0 Å². The summed E-state index contributed by atoms with van der Waals surface area (Å²) in [5, 5.41) is 9.91. The number of hydrogen-bond donors (Lipinski definition) is 1. The van der Waals surface area contributed by atoms with Gasteiger partial charge in [0.05, 0.1) is 6.04 Å². The summed E-state index contributed by atoms with van der Waals surface area (Å²) in [7, 11) is 2.01. The minimum absolute atomic E-state index is 0.311. The minimum atomic E-state index is 0.311. The van der Waals surface area contributed by atoms with Crippen molar-refractivity contribution in [3.63, 3.8) is 0 Å². The van der Waals surface area contributed by atoms with Crippen molar-refractivity contribution >= 4 is 38.6 Å². The normalized spacial score (nSPS) is 13.0. The zero-order chi connectivity index (χ0) is 10.8. The first-order chi connectivity index (χ1) is 7.24. The van der Waals surface area contributed by atoms with E-state index in [-0.39, 0.29) is 0 Å². The summed E-state index contributed by atoms with van der Waals surface area (Å²) in [6, 6.07) is 2.41. The Labute approximate surface area is 106 Å². The van der Waals surface area contributed by atoms with Gasteiger partial charge in [-0.15, -0.1) is 11.3 Å². The van der Waals surface area contributed by atoms with Crippen LogP contribution < -0.4 is 5.32 Å². The Bertz CT molecular complexity index is 407. The molecule has 0 aromatic carbocycles. The third kappa shape index (κ3) is 2.18. The Morgan fingerprint density at radius 2 is 2.20 bits per heavy atom. The summed E-state index contributed by atoms with van der Waals surface area (Å²) >= 11 is 7.14. The fraction of sp³-hybridized carbons (Fsp3) is 0.273. The van der Waals surface area contributed by atoms with Gasteiger partial charge in [-0.3, -0.25) is 0 Å². The number of hydrogen-bond acceptors (Lipinski definition) is 3. The summed E-state index contributed by atoms with van der Waals surface area (Å²) in [5.41, 5.74) is 2.74. The Kier molecular flexibility index (Phi) is 3.61. The lowest BCUT2D eigenvalue weighted by atomic mass is 10.1. The predicted octanol–water partition coefficient (Wildman–Crippen LogP) is 4.19. The van der Waals surface area contributed by atoms with Gasteiger partial charge in [-0.2, -0.15) is 11.3 Å². The highest BCUT2D eigenvalue weighted by molar-refractivity contribution is 9.10. The SMILES string of the molecule is CNC(c1cscc1C)c1sccc1Br. The second-order valence-electron chi connectivity index (χ2n) is 3.36. The third-order valence-corrected chi connectivity index (χ3v) is 5.22. The molecule has 1 atom stereocenters. The molecule has 0 spiro atoms. The van der Waals surface area contributed by atoms with Crippen LogP contribution in [0.2, 0.25) is 0 Å². The van der Waals surface area contributed by atoms with E-state index in [1.807, 2.05) is 7.05 Å². The molecule has 0 bridgehead atoms. The smallest absolute Gasteiger partial charge is 0.0690 e. The minimum Gasteiger partial charge on any atom is -0.309 e. The van der Waals surface area contributed by atoms with Crippen molar-refractivity contribution < 1.29 is 0 Å². The van der Waals surface area contributed by atoms with E-state index < -0.39 is 0 Å². The van der Waals surface area contributed by atoms with Gasteiger partial charge in [-0.1, -0.05) is 0 Å². The molecule has 0 aliphatic carbocycles. The van der Waals surface area contributed by atoms with Gasteiger partial charge in [0, 0.05) is 9.35 Å². The molecule has 0 saturated carbocycles. The van der Waals surface area contributed by atoms with Crippen molar-refractivity contribution in [2.75, 3.05) is 7.05 Å². The molecule has 0 aliphatic heterocycles. The van der Waals surface area contributed by atoms with Crippen LogP contribution in [0.1, 0.15) is 22.0 Å². The van der Waals surface area contributed by atoms with Gasteiger partial charge < -0.3 is 5.32 Å². The molecule has 0 radical (unpaired) electrons. The summed E-state index contributed by atoms with van der Waals surface area (Å²) in [6.07, 6.45) is 0. The van der Waals surface area contributed by atoms with Gasteiger partial charge in [-0.05, 0) is 63.2 Å². The zero-order valence-electron chi connectivity index (χ0n) is 8.58. The van der Waals surface area contributed by atoms with E-state index in [0.717, 1.165) is 0 Å². The quantitative estimate of drug-likeness (QED) is 0.896. The van der Waals surface area contributed by atoms with Crippen molar-refractivity contribution in [3.8, 4) is 0 Å². The van der Waals surface area contributed by atoms with Crippen LogP contribution in [0.4, 0.5) is 0 Å². The molecule has 15 heavy (non-hydrogen) atoms. The van der Waals surface area contributed by atoms with Crippen molar-refractivity contribution in [1.29, 1.82) is 0 Å². The first kappa shape index (κ1) is 11.3. The predicted molar refractivity (Wildman–Crippen MR) is 72.0 cm³/mol. The Balaban J connectivity index is 2.41. The third-order valence-electron chi connectivity index (χ3n) is 2.40. The molecular formula is C11H12BrNS2. The number of halogens is 1. The largest absolute Gasteiger partial charge is 0.309 e. The number of aryl methyl sites for hydroxylation is 1. The van der Waals surface area contributed by atoms with Crippen molar-refractivity contribution in [3.05, 3.63) is 42.7 Å². The molecule has 1 nitrogen and oxygen atoms in total. The maximum atomic E-state index is 3.59. The molecule has 0 saturated heterocycles. The lowest BCUT2D eigenvalue weighted by molar-refractivity contribution is 0.700. The Morgan fingerprint density at radius 3 is 2.67 bits per heavy atom. The molecule has 1 N–H and O–H groups in total. The number of nitrogens with one attached hydrogen (secondary N) is 1. The summed E-state index contributed by atoms with van der Waals surface area (Å²) in [5.74, 6) is 0. The fourth-order valence-corrected chi connectivity index (χ4v) is 4.21. The molecule has 80 valence electrons. The fourth-order valence-electron chi connectivity index (χ4n) is 1.61. The van der Waals surface area contributed by atoms with E-state index in [2.05, 4.69) is 50.4 Å². The molecule has 2 heterocycles. The van der Waals surface area contributed by atoms with E-state index in [4.69, 9.17) is 0 Å². The van der Waals surface area contributed by atoms with Gasteiger partial charge in [0.25, 0.3) is 0 Å². The highest BCUT2D eigenvalue weighted by Gasteiger charge is 2.18. The molecule has 2 rings (SSSR count).